The highest BCUT2D eigenvalue weighted by Gasteiger charge is 2.34. The second-order valence-corrected chi connectivity index (χ2v) is 5.17. The fraction of sp³-hybridized carbons (Fsp3) is 0.923. The summed E-state index contributed by atoms with van der Waals surface area (Å²) in [6.07, 6.45) is 1.59. The highest BCUT2D eigenvalue weighted by molar-refractivity contribution is 5.74. The van der Waals surface area contributed by atoms with Gasteiger partial charge in [-0.25, -0.2) is 0 Å². The number of carboxylic acid groups (broad SMARTS) is 1. The van der Waals surface area contributed by atoms with E-state index in [4.69, 9.17) is 4.74 Å². The van der Waals surface area contributed by atoms with Crippen molar-refractivity contribution in [2.75, 3.05) is 26.8 Å². The number of hydrogen-bond acceptors (Lipinski definition) is 3. The van der Waals surface area contributed by atoms with E-state index in [9.17, 15) is 9.90 Å². The molecule has 0 spiro atoms. The minimum atomic E-state index is -0.706. The Morgan fingerprint density at radius 2 is 2.06 bits per heavy atom. The van der Waals surface area contributed by atoms with Gasteiger partial charge in [-0.15, -0.1) is 0 Å². The molecule has 0 heterocycles. The maximum absolute atomic E-state index is 11.4. The summed E-state index contributed by atoms with van der Waals surface area (Å²) < 4.78 is 5.07. The second kappa shape index (κ2) is 7.67. The molecule has 1 unspecified atom stereocenters. The number of rotatable bonds is 9. The van der Waals surface area contributed by atoms with Crippen LogP contribution in [0.15, 0.2) is 0 Å². The quantitative estimate of drug-likeness (QED) is 0.677. The molecular weight excluding hydrogens is 218 g/mol. The molecule has 0 aromatic carbocycles. The minimum Gasteiger partial charge on any atom is -0.481 e. The molecule has 0 aromatic heterocycles. The van der Waals surface area contributed by atoms with Crippen LogP contribution in [0.1, 0.15) is 40.5 Å². The predicted molar refractivity (Wildman–Crippen MR) is 69.2 cm³/mol. The molecule has 0 amide bonds. The lowest BCUT2D eigenvalue weighted by Crippen LogP contribution is -2.45. The Morgan fingerprint density at radius 1 is 1.47 bits per heavy atom. The normalized spacial score (nSPS) is 15.2. The van der Waals surface area contributed by atoms with E-state index in [1.807, 2.05) is 13.8 Å². The molecule has 102 valence electrons. The Kier molecular flexibility index (Phi) is 7.39. The first-order valence-corrected chi connectivity index (χ1v) is 6.33. The molecule has 4 nitrogen and oxygen atoms in total. The van der Waals surface area contributed by atoms with E-state index in [0.29, 0.717) is 25.6 Å². The number of nitrogens with zero attached hydrogens (tertiary/aromatic N) is 1. The zero-order valence-electron chi connectivity index (χ0n) is 11.8. The topological polar surface area (TPSA) is 49.8 Å². The van der Waals surface area contributed by atoms with Gasteiger partial charge in [-0.1, -0.05) is 13.3 Å². The third kappa shape index (κ3) is 5.50. The highest BCUT2D eigenvalue weighted by Crippen LogP contribution is 2.25. The molecule has 1 N–H and O–H groups in total. The van der Waals surface area contributed by atoms with Gasteiger partial charge in [0.15, 0.2) is 0 Å². The van der Waals surface area contributed by atoms with Gasteiger partial charge in [0.2, 0.25) is 0 Å². The molecule has 1 atom stereocenters. The molecule has 0 bridgehead atoms. The summed E-state index contributed by atoms with van der Waals surface area (Å²) in [5.74, 6) is -0.706. The number of methoxy groups -OCH3 is 1. The first kappa shape index (κ1) is 16.4. The summed E-state index contributed by atoms with van der Waals surface area (Å²) in [6, 6.07) is 0.334. The monoisotopic (exact) mass is 245 g/mol. The van der Waals surface area contributed by atoms with Crippen molar-refractivity contribution in [1.82, 2.24) is 4.90 Å². The molecule has 0 aliphatic heterocycles. The number of carboxylic acids is 1. The van der Waals surface area contributed by atoms with E-state index in [1.165, 1.54) is 0 Å². The van der Waals surface area contributed by atoms with Crippen LogP contribution in [0.4, 0.5) is 0 Å². The summed E-state index contributed by atoms with van der Waals surface area (Å²) in [7, 11) is 1.67. The lowest BCUT2D eigenvalue weighted by atomic mass is 9.84. The number of aliphatic carboxylic acids is 1. The molecule has 0 aromatic rings. The number of ether oxygens (including phenoxy) is 1. The molecule has 17 heavy (non-hydrogen) atoms. The Bertz CT molecular complexity index is 231. The Balaban J connectivity index is 4.61. The van der Waals surface area contributed by atoms with E-state index in [-0.39, 0.29) is 0 Å². The van der Waals surface area contributed by atoms with Crippen molar-refractivity contribution in [3.05, 3.63) is 0 Å². The molecule has 0 saturated carbocycles. The van der Waals surface area contributed by atoms with Gasteiger partial charge >= 0.3 is 5.97 Å². The van der Waals surface area contributed by atoms with Crippen LogP contribution in [0, 0.1) is 5.41 Å². The molecule has 0 fully saturated rings. The van der Waals surface area contributed by atoms with Crippen LogP contribution in [0.3, 0.4) is 0 Å². The Hall–Kier alpha value is -0.610. The van der Waals surface area contributed by atoms with Crippen molar-refractivity contribution in [3.8, 4) is 0 Å². The highest BCUT2D eigenvalue weighted by atomic mass is 16.5. The molecule has 0 radical (unpaired) electrons. The molecule has 0 rings (SSSR count). The summed E-state index contributed by atoms with van der Waals surface area (Å²) in [5.41, 5.74) is -0.660. The molecular formula is C13H27NO3. The van der Waals surface area contributed by atoms with Crippen molar-refractivity contribution in [3.63, 3.8) is 0 Å². The second-order valence-electron chi connectivity index (χ2n) is 5.17. The average molecular weight is 245 g/mol. The smallest absolute Gasteiger partial charge is 0.310 e. The van der Waals surface area contributed by atoms with Crippen LogP contribution in [0.2, 0.25) is 0 Å². The van der Waals surface area contributed by atoms with E-state index in [0.717, 1.165) is 13.0 Å². The zero-order valence-corrected chi connectivity index (χ0v) is 11.8. The SMILES string of the molecule is CCCC(C)(CN(CCOC)C(C)C)C(=O)O. The standard InChI is InChI=1S/C13H27NO3/c1-6-7-13(4,12(15)16)10-14(11(2)3)8-9-17-5/h11H,6-10H2,1-5H3,(H,15,16). The van der Waals surface area contributed by atoms with Gasteiger partial charge in [-0.2, -0.15) is 0 Å². The van der Waals surface area contributed by atoms with Crippen LogP contribution >= 0.6 is 0 Å². The van der Waals surface area contributed by atoms with Crippen LogP contribution < -0.4 is 0 Å². The fourth-order valence-electron chi connectivity index (χ4n) is 1.98. The first-order chi connectivity index (χ1) is 7.87. The fourth-order valence-corrected chi connectivity index (χ4v) is 1.98. The maximum Gasteiger partial charge on any atom is 0.310 e. The molecule has 0 aliphatic rings. The van der Waals surface area contributed by atoms with Gasteiger partial charge in [0.25, 0.3) is 0 Å². The lowest BCUT2D eigenvalue weighted by Gasteiger charge is -2.34. The van der Waals surface area contributed by atoms with Crippen molar-refractivity contribution in [2.45, 2.75) is 46.6 Å². The van der Waals surface area contributed by atoms with Crippen molar-refractivity contribution < 1.29 is 14.6 Å². The Morgan fingerprint density at radius 3 is 2.41 bits per heavy atom. The van der Waals surface area contributed by atoms with Gasteiger partial charge in [0.1, 0.15) is 0 Å². The van der Waals surface area contributed by atoms with Gasteiger partial charge < -0.3 is 9.84 Å². The summed E-state index contributed by atoms with van der Waals surface area (Å²) in [4.78, 5) is 13.6. The van der Waals surface area contributed by atoms with E-state index in [2.05, 4.69) is 18.7 Å². The van der Waals surface area contributed by atoms with Crippen molar-refractivity contribution >= 4 is 5.97 Å². The summed E-state index contributed by atoms with van der Waals surface area (Å²) in [5, 5.41) is 9.36. The van der Waals surface area contributed by atoms with E-state index >= 15 is 0 Å². The van der Waals surface area contributed by atoms with Crippen LogP contribution in [0.25, 0.3) is 0 Å². The number of hydrogen-bond donors (Lipinski definition) is 1. The Labute approximate surface area is 105 Å². The third-order valence-corrected chi connectivity index (χ3v) is 3.18. The van der Waals surface area contributed by atoms with Gasteiger partial charge in [0, 0.05) is 26.2 Å². The van der Waals surface area contributed by atoms with Gasteiger partial charge in [0.05, 0.1) is 12.0 Å². The van der Waals surface area contributed by atoms with Crippen molar-refractivity contribution in [2.24, 2.45) is 5.41 Å². The predicted octanol–water partition coefficient (Wildman–Crippen LogP) is 2.23. The number of carbonyl (C=O) groups is 1. The molecule has 0 aliphatic carbocycles. The largest absolute Gasteiger partial charge is 0.481 e. The van der Waals surface area contributed by atoms with Crippen LogP contribution in [-0.2, 0) is 9.53 Å². The van der Waals surface area contributed by atoms with Gasteiger partial charge in [-0.3, -0.25) is 9.69 Å². The van der Waals surface area contributed by atoms with Crippen LogP contribution in [-0.4, -0.2) is 48.8 Å². The van der Waals surface area contributed by atoms with Crippen LogP contribution in [0.5, 0.6) is 0 Å². The van der Waals surface area contributed by atoms with E-state index in [1.54, 1.807) is 7.11 Å². The third-order valence-electron chi connectivity index (χ3n) is 3.18. The van der Waals surface area contributed by atoms with Crippen molar-refractivity contribution in [1.29, 1.82) is 0 Å². The average Bonchev–Trinajstić information content (AvgIpc) is 2.24. The lowest BCUT2D eigenvalue weighted by molar-refractivity contribution is -0.150. The summed E-state index contributed by atoms with van der Waals surface area (Å²) >= 11 is 0. The summed E-state index contributed by atoms with van der Waals surface area (Å²) in [6.45, 7) is 10.0. The molecule has 0 saturated heterocycles. The zero-order chi connectivity index (χ0) is 13.5. The minimum absolute atomic E-state index is 0.334. The molecule has 4 heteroatoms. The van der Waals surface area contributed by atoms with Gasteiger partial charge in [-0.05, 0) is 27.2 Å². The maximum atomic E-state index is 11.4. The first-order valence-electron chi connectivity index (χ1n) is 6.33. The van der Waals surface area contributed by atoms with E-state index < -0.39 is 11.4 Å².